The normalized spacial score (nSPS) is 11.0. The molecule has 2 aromatic rings. The number of rotatable bonds is 2. The fraction of sp³-hybridized carbons (Fsp3) is 0.308. The maximum absolute atomic E-state index is 11.9. The zero-order valence-electron chi connectivity index (χ0n) is 9.79. The molecule has 0 aliphatic carbocycles. The van der Waals surface area contributed by atoms with E-state index in [0.717, 1.165) is 16.5 Å². The van der Waals surface area contributed by atoms with Crippen molar-refractivity contribution in [3.63, 3.8) is 0 Å². The van der Waals surface area contributed by atoms with Crippen LogP contribution in [-0.2, 0) is 0 Å². The zero-order chi connectivity index (χ0) is 11.7. The van der Waals surface area contributed by atoms with Gasteiger partial charge in [0.1, 0.15) is 5.69 Å². The molecule has 0 saturated carbocycles. The average Bonchev–Trinajstić information content (AvgIpc) is 2.56. The average molecular weight is 216 g/mol. The van der Waals surface area contributed by atoms with Gasteiger partial charge < -0.3 is 10.3 Å². The van der Waals surface area contributed by atoms with E-state index in [9.17, 15) is 4.79 Å². The number of carbonyl (C=O) groups excluding carboxylic acids is 1. The van der Waals surface area contributed by atoms with E-state index >= 15 is 0 Å². The molecule has 3 nitrogen and oxygen atoms in total. The molecule has 2 rings (SSSR count). The maximum Gasteiger partial charge on any atom is 0.268 e. The van der Waals surface area contributed by atoms with Crippen molar-refractivity contribution < 1.29 is 4.79 Å². The third kappa shape index (κ3) is 1.81. The molecule has 0 aliphatic rings. The van der Waals surface area contributed by atoms with Crippen molar-refractivity contribution >= 4 is 16.8 Å². The van der Waals surface area contributed by atoms with Gasteiger partial charge >= 0.3 is 0 Å². The minimum atomic E-state index is -0.0382. The number of nitrogens with one attached hydrogen (secondary N) is 2. The number of aryl methyl sites for hydroxylation is 1. The first-order valence-corrected chi connectivity index (χ1v) is 5.47. The smallest absolute Gasteiger partial charge is 0.268 e. The van der Waals surface area contributed by atoms with Gasteiger partial charge in [0.05, 0.1) is 0 Å². The number of hydrogen-bond donors (Lipinski definition) is 2. The van der Waals surface area contributed by atoms with Gasteiger partial charge in [-0.15, -0.1) is 0 Å². The second kappa shape index (κ2) is 4.00. The van der Waals surface area contributed by atoms with E-state index in [1.165, 1.54) is 0 Å². The molecule has 0 bridgehead atoms. The molecule has 1 aromatic heterocycles. The van der Waals surface area contributed by atoms with Crippen LogP contribution in [0.25, 0.3) is 10.9 Å². The van der Waals surface area contributed by atoms with Crippen LogP contribution in [0.3, 0.4) is 0 Å². The Morgan fingerprint density at radius 3 is 2.62 bits per heavy atom. The van der Waals surface area contributed by atoms with Crippen LogP contribution in [0.4, 0.5) is 0 Å². The minimum Gasteiger partial charge on any atom is -0.350 e. The Balaban J connectivity index is 2.45. The van der Waals surface area contributed by atoms with Gasteiger partial charge in [-0.3, -0.25) is 4.79 Å². The highest BCUT2D eigenvalue weighted by atomic mass is 16.1. The van der Waals surface area contributed by atoms with Gasteiger partial charge in [-0.05, 0) is 32.4 Å². The van der Waals surface area contributed by atoms with Gasteiger partial charge in [0.2, 0.25) is 0 Å². The summed E-state index contributed by atoms with van der Waals surface area (Å²) in [5.41, 5.74) is 2.68. The Morgan fingerprint density at radius 2 is 2.00 bits per heavy atom. The van der Waals surface area contributed by atoms with Crippen molar-refractivity contribution in [2.75, 3.05) is 0 Å². The number of amides is 1. The van der Waals surface area contributed by atoms with E-state index in [0.29, 0.717) is 5.69 Å². The predicted octanol–water partition coefficient (Wildman–Crippen LogP) is 2.61. The Hall–Kier alpha value is -1.77. The molecule has 0 aliphatic heterocycles. The molecule has 0 unspecified atom stereocenters. The third-order valence-electron chi connectivity index (χ3n) is 2.61. The lowest BCUT2D eigenvalue weighted by Crippen LogP contribution is -2.30. The summed E-state index contributed by atoms with van der Waals surface area (Å²) in [6.07, 6.45) is 0. The number of carbonyl (C=O) groups is 1. The first kappa shape index (κ1) is 10.7. The molecular formula is C13H16N2O. The highest BCUT2D eigenvalue weighted by molar-refractivity contribution is 6.00. The van der Waals surface area contributed by atoms with Gasteiger partial charge in [0, 0.05) is 16.9 Å². The largest absolute Gasteiger partial charge is 0.350 e. The van der Waals surface area contributed by atoms with E-state index in [1.807, 2.05) is 45.0 Å². The number of fused-ring (bicyclic) bond motifs is 1. The number of H-pyrrole nitrogens is 1. The van der Waals surface area contributed by atoms with Crippen LogP contribution in [0.1, 0.15) is 29.9 Å². The number of hydrogen-bond acceptors (Lipinski definition) is 1. The Kier molecular flexibility index (Phi) is 2.69. The van der Waals surface area contributed by atoms with Crippen molar-refractivity contribution in [3.8, 4) is 0 Å². The first-order valence-electron chi connectivity index (χ1n) is 5.47. The topological polar surface area (TPSA) is 44.9 Å². The zero-order valence-corrected chi connectivity index (χ0v) is 9.79. The van der Waals surface area contributed by atoms with Crippen molar-refractivity contribution in [3.05, 3.63) is 35.5 Å². The van der Waals surface area contributed by atoms with Gasteiger partial charge in [-0.2, -0.15) is 0 Å². The van der Waals surface area contributed by atoms with Crippen molar-refractivity contribution in [1.82, 2.24) is 10.3 Å². The molecule has 1 aromatic carbocycles. The lowest BCUT2D eigenvalue weighted by atomic mass is 10.1. The Morgan fingerprint density at radius 1 is 1.31 bits per heavy atom. The molecule has 2 N–H and O–H groups in total. The van der Waals surface area contributed by atoms with Crippen LogP contribution >= 0.6 is 0 Å². The van der Waals surface area contributed by atoms with Crippen LogP contribution in [0.15, 0.2) is 24.3 Å². The molecule has 0 radical (unpaired) electrons. The predicted molar refractivity (Wildman–Crippen MR) is 65.6 cm³/mol. The molecule has 16 heavy (non-hydrogen) atoms. The monoisotopic (exact) mass is 216 g/mol. The molecule has 0 spiro atoms. The molecule has 84 valence electrons. The summed E-state index contributed by atoms with van der Waals surface area (Å²) < 4.78 is 0. The summed E-state index contributed by atoms with van der Waals surface area (Å²) in [5, 5.41) is 4.00. The van der Waals surface area contributed by atoms with E-state index in [2.05, 4.69) is 10.3 Å². The molecule has 0 saturated heterocycles. The van der Waals surface area contributed by atoms with E-state index < -0.39 is 0 Å². The first-order chi connectivity index (χ1) is 7.59. The second-order valence-electron chi connectivity index (χ2n) is 4.30. The second-order valence-corrected chi connectivity index (χ2v) is 4.30. The van der Waals surface area contributed by atoms with Crippen molar-refractivity contribution in [2.45, 2.75) is 26.8 Å². The summed E-state index contributed by atoms with van der Waals surface area (Å²) in [7, 11) is 0. The van der Waals surface area contributed by atoms with E-state index in [1.54, 1.807) is 0 Å². The van der Waals surface area contributed by atoms with E-state index in [4.69, 9.17) is 0 Å². The molecule has 0 atom stereocenters. The van der Waals surface area contributed by atoms with Crippen molar-refractivity contribution in [1.29, 1.82) is 0 Å². The summed E-state index contributed by atoms with van der Waals surface area (Å²) in [4.78, 5) is 15.1. The summed E-state index contributed by atoms with van der Waals surface area (Å²) >= 11 is 0. The van der Waals surface area contributed by atoms with Gasteiger partial charge in [0.25, 0.3) is 5.91 Å². The molecule has 1 heterocycles. The Labute approximate surface area is 94.9 Å². The molecule has 3 heteroatoms. The standard InChI is InChI=1S/C13H16N2O/c1-8(2)14-13(16)12-9(3)10-6-4-5-7-11(10)15-12/h4-8,15H,1-3H3,(H,14,16). The summed E-state index contributed by atoms with van der Waals surface area (Å²) in [6, 6.07) is 8.09. The highest BCUT2D eigenvalue weighted by Crippen LogP contribution is 2.21. The van der Waals surface area contributed by atoms with Crippen LogP contribution in [0.5, 0.6) is 0 Å². The van der Waals surface area contributed by atoms with Crippen LogP contribution in [0.2, 0.25) is 0 Å². The van der Waals surface area contributed by atoms with Crippen LogP contribution < -0.4 is 5.32 Å². The van der Waals surface area contributed by atoms with Gasteiger partial charge in [-0.1, -0.05) is 18.2 Å². The van der Waals surface area contributed by atoms with Gasteiger partial charge in [0.15, 0.2) is 0 Å². The minimum absolute atomic E-state index is 0.0382. The molecular weight excluding hydrogens is 200 g/mol. The SMILES string of the molecule is Cc1c(C(=O)NC(C)C)[nH]c2ccccc12. The lowest BCUT2D eigenvalue weighted by molar-refractivity contribution is 0.0938. The van der Waals surface area contributed by atoms with Gasteiger partial charge in [-0.25, -0.2) is 0 Å². The highest BCUT2D eigenvalue weighted by Gasteiger charge is 2.14. The third-order valence-corrected chi connectivity index (χ3v) is 2.61. The fourth-order valence-corrected chi connectivity index (χ4v) is 1.84. The maximum atomic E-state index is 11.9. The number of aromatic nitrogens is 1. The number of benzene rings is 1. The van der Waals surface area contributed by atoms with Crippen LogP contribution in [0, 0.1) is 6.92 Å². The molecule has 0 fully saturated rings. The number of aromatic amines is 1. The number of para-hydroxylation sites is 1. The summed E-state index contributed by atoms with van der Waals surface area (Å²) in [6.45, 7) is 5.87. The lowest BCUT2D eigenvalue weighted by Gasteiger charge is -2.07. The van der Waals surface area contributed by atoms with Crippen molar-refractivity contribution in [2.24, 2.45) is 0 Å². The van der Waals surface area contributed by atoms with E-state index in [-0.39, 0.29) is 11.9 Å². The summed E-state index contributed by atoms with van der Waals surface area (Å²) in [5.74, 6) is -0.0382. The Bertz CT molecular complexity index is 526. The van der Waals surface area contributed by atoms with Crippen LogP contribution in [-0.4, -0.2) is 16.9 Å². The fourth-order valence-electron chi connectivity index (χ4n) is 1.84. The quantitative estimate of drug-likeness (QED) is 0.796. The molecule has 1 amide bonds.